The summed E-state index contributed by atoms with van der Waals surface area (Å²) in [6.45, 7) is 6.60. The molecule has 2 N–H and O–H groups in total. The number of halogens is 1. The number of fused-ring (bicyclic) bond motifs is 5. The summed E-state index contributed by atoms with van der Waals surface area (Å²) in [4.78, 5) is 30.1. The molecular formula is C24H38ClN3O3. The summed E-state index contributed by atoms with van der Waals surface area (Å²) >= 11 is 0. The van der Waals surface area contributed by atoms with Crippen LogP contribution in [0.25, 0.3) is 0 Å². The zero-order chi connectivity index (χ0) is 20.9. The Kier molecular flexibility index (Phi) is 6.43. The summed E-state index contributed by atoms with van der Waals surface area (Å²) < 4.78 is 0. The SMILES string of the molecule is C[C@]12CCC(=NO[C@@H]3CCNC3)CC1CC(NC=O)[C@@H]1[C@H]2CC[C@]2(C)C(=O)CC[C@@H]12.Cl. The van der Waals surface area contributed by atoms with Crippen LogP contribution >= 0.6 is 12.4 Å². The van der Waals surface area contributed by atoms with Crippen LogP contribution in [-0.2, 0) is 14.4 Å². The molecule has 2 unspecified atom stereocenters. The lowest BCUT2D eigenvalue weighted by atomic mass is 9.44. The first kappa shape index (κ1) is 23.0. The van der Waals surface area contributed by atoms with Gasteiger partial charge in [0, 0.05) is 30.8 Å². The van der Waals surface area contributed by atoms with E-state index < -0.39 is 0 Å². The Labute approximate surface area is 192 Å². The zero-order valence-corrected chi connectivity index (χ0v) is 19.7. The Morgan fingerprint density at radius 2 is 2.00 bits per heavy atom. The Bertz CT molecular complexity index is 740. The molecular weight excluding hydrogens is 414 g/mol. The summed E-state index contributed by atoms with van der Waals surface area (Å²) in [5, 5.41) is 11.1. The first-order valence-electron chi connectivity index (χ1n) is 12.1. The van der Waals surface area contributed by atoms with Gasteiger partial charge in [0.15, 0.2) is 0 Å². The first-order chi connectivity index (χ1) is 14.5. The molecule has 1 aliphatic heterocycles. The highest BCUT2D eigenvalue weighted by atomic mass is 35.5. The van der Waals surface area contributed by atoms with Crippen molar-refractivity contribution in [2.24, 2.45) is 39.7 Å². The molecule has 7 heteroatoms. The molecule has 0 spiro atoms. The number of carbonyl (C=O) groups excluding carboxylic acids is 2. The van der Waals surface area contributed by atoms with Crippen molar-refractivity contribution in [2.75, 3.05) is 13.1 Å². The topological polar surface area (TPSA) is 79.8 Å². The number of nitrogens with zero attached hydrogens (tertiary/aromatic N) is 1. The average Bonchev–Trinajstić information content (AvgIpc) is 3.35. The third-order valence-corrected chi connectivity index (χ3v) is 9.89. The molecule has 4 saturated carbocycles. The van der Waals surface area contributed by atoms with E-state index in [-0.39, 0.29) is 35.4 Å². The quantitative estimate of drug-likeness (QED) is 0.506. The highest BCUT2D eigenvalue weighted by Crippen LogP contribution is 2.65. The lowest BCUT2D eigenvalue weighted by Crippen LogP contribution is -2.61. The Balaban J connectivity index is 0.00000231. The fraction of sp³-hybridized carbons (Fsp3) is 0.875. The summed E-state index contributed by atoms with van der Waals surface area (Å²) in [5.74, 6) is 2.42. The number of Topliss-reactive ketones (excluding diaryl/α,β-unsaturated/α-hetero) is 1. The second kappa shape index (κ2) is 8.66. The zero-order valence-electron chi connectivity index (χ0n) is 18.9. The van der Waals surface area contributed by atoms with Crippen molar-refractivity contribution in [2.45, 2.75) is 83.8 Å². The van der Waals surface area contributed by atoms with Crippen molar-refractivity contribution >= 4 is 30.3 Å². The molecule has 31 heavy (non-hydrogen) atoms. The van der Waals surface area contributed by atoms with Crippen molar-refractivity contribution in [1.82, 2.24) is 10.6 Å². The Hall–Kier alpha value is -1.14. The van der Waals surface area contributed by atoms with Gasteiger partial charge in [-0.25, -0.2) is 0 Å². The van der Waals surface area contributed by atoms with E-state index in [0.717, 1.165) is 77.3 Å². The summed E-state index contributed by atoms with van der Waals surface area (Å²) in [5.41, 5.74) is 1.30. The van der Waals surface area contributed by atoms with Gasteiger partial charge in [0.2, 0.25) is 6.41 Å². The van der Waals surface area contributed by atoms with Crippen LogP contribution in [0.4, 0.5) is 0 Å². The molecule has 5 rings (SSSR count). The van der Waals surface area contributed by atoms with Crippen molar-refractivity contribution < 1.29 is 14.4 Å². The van der Waals surface area contributed by atoms with E-state index in [9.17, 15) is 9.59 Å². The number of amides is 1. The molecule has 0 radical (unpaired) electrons. The number of rotatable bonds is 4. The van der Waals surface area contributed by atoms with Gasteiger partial charge in [0.25, 0.3) is 0 Å². The minimum absolute atomic E-state index is 0. The van der Waals surface area contributed by atoms with Crippen LogP contribution in [0.2, 0.25) is 0 Å². The molecule has 0 aromatic carbocycles. The molecule has 8 atom stereocenters. The molecule has 1 heterocycles. The fourth-order valence-corrected chi connectivity index (χ4v) is 8.06. The number of hydrogen-bond acceptors (Lipinski definition) is 5. The van der Waals surface area contributed by atoms with Gasteiger partial charge in [-0.05, 0) is 80.6 Å². The minimum atomic E-state index is -0.169. The van der Waals surface area contributed by atoms with Gasteiger partial charge < -0.3 is 15.5 Å². The van der Waals surface area contributed by atoms with Crippen LogP contribution in [0.3, 0.4) is 0 Å². The number of carbonyl (C=O) groups is 2. The van der Waals surface area contributed by atoms with Crippen molar-refractivity contribution in [3.63, 3.8) is 0 Å². The Morgan fingerprint density at radius 3 is 2.74 bits per heavy atom. The third kappa shape index (κ3) is 3.72. The number of oxime groups is 1. The van der Waals surface area contributed by atoms with E-state index in [1.54, 1.807) is 0 Å². The van der Waals surface area contributed by atoms with Gasteiger partial charge in [-0.15, -0.1) is 12.4 Å². The maximum absolute atomic E-state index is 12.7. The van der Waals surface area contributed by atoms with Gasteiger partial charge in [-0.2, -0.15) is 0 Å². The smallest absolute Gasteiger partial charge is 0.207 e. The van der Waals surface area contributed by atoms with E-state index in [2.05, 4.69) is 29.6 Å². The summed E-state index contributed by atoms with van der Waals surface area (Å²) in [6, 6.07) is 0.181. The van der Waals surface area contributed by atoms with E-state index in [4.69, 9.17) is 4.84 Å². The molecule has 1 amide bonds. The standard InChI is InChI=1S/C24H37N3O3.ClH/c1-23-8-5-16(27-30-17-7-10-25-13-17)11-15(23)12-20(26-14-28)22-18-3-4-21(29)24(18,2)9-6-19(22)23;/h14-15,17-20,22,25H,3-13H2,1-2H3,(H,26,28);1H/t15?,17-,18+,19-,20?,22+,23+,24+;/m1./s1. The molecule has 4 aliphatic carbocycles. The average molecular weight is 452 g/mol. The van der Waals surface area contributed by atoms with E-state index in [1.165, 1.54) is 5.71 Å². The first-order valence-corrected chi connectivity index (χ1v) is 12.1. The van der Waals surface area contributed by atoms with Gasteiger partial charge in [-0.3, -0.25) is 9.59 Å². The highest BCUT2D eigenvalue weighted by Gasteiger charge is 2.62. The molecule has 0 aromatic rings. The van der Waals surface area contributed by atoms with E-state index in [0.29, 0.717) is 29.5 Å². The largest absolute Gasteiger partial charge is 0.391 e. The van der Waals surface area contributed by atoms with Crippen molar-refractivity contribution in [1.29, 1.82) is 0 Å². The van der Waals surface area contributed by atoms with Gasteiger partial charge >= 0.3 is 0 Å². The molecule has 0 aromatic heterocycles. The predicted octanol–water partition coefficient (Wildman–Crippen LogP) is 3.48. The minimum Gasteiger partial charge on any atom is -0.391 e. The van der Waals surface area contributed by atoms with Crippen LogP contribution in [-0.4, -0.2) is 43.1 Å². The number of nitrogens with one attached hydrogen (secondary N) is 2. The highest BCUT2D eigenvalue weighted by molar-refractivity contribution is 5.87. The maximum Gasteiger partial charge on any atom is 0.207 e. The van der Waals surface area contributed by atoms with Gasteiger partial charge in [-0.1, -0.05) is 19.0 Å². The molecule has 1 saturated heterocycles. The maximum atomic E-state index is 12.7. The number of hydrogen-bond donors (Lipinski definition) is 2. The van der Waals surface area contributed by atoms with Crippen molar-refractivity contribution in [3.8, 4) is 0 Å². The van der Waals surface area contributed by atoms with Crippen LogP contribution in [0, 0.1) is 34.5 Å². The molecule has 5 fully saturated rings. The second-order valence-corrected chi connectivity index (χ2v) is 11.1. The van der Waals surface area contributed by atoms with E-state index >= 15 is 0 Å². The van der Waals surface area contributed by atoms with Crippen LogP contribution in [0.1, 0.15) is 71.6 Å². The van der Waals surface area contributed by atoms with Crippen LogP contribution in [0.15, 0.2) is 5.16 Å². The fourth-order valence-electron chi connectivity index (χ4n) is 8.06. The summed E-state index contributed by atoms with van der Waals surface area (Å²) in [6.07, 6.45) is 10.1. The molecule has 5 aliphatic rings. The van der Waals surface area contributed by atoms with Crippen LogP contribution in [0.5, 0.6) is 0 Å². The van der Waals surface area contributed by atoms with E-state index in [1.807, 2.05) is 0 Å². The predicted molar refractivity (Wildman–Crippen MR) is 122 cm³/mol. The molecule has 174 valence electrons. The lowest BCUT2D eigenvalue weighted by Gasteiger charge is -2.61. The number of ketones is 1. The lowest BCUT2D eigenvalue weighted by molar-refractivity contribution is -0.141. The van der Waals surface area contributed by atoms with Crippen molar-refractivity contribution in [3.05, 3.63) is 0 Å². The monoisotopic (exact) mass is 451 g/mol. The summed E-state index contributed by atoms with van der Waals surface area (Å²) in [7, 11) is 0. The van der Waals surface area contributed by atoms with Gasteiger partial charge in [0.1, 0.15) is 11.9 Å². The third-order valence-electron chi connectivity index (χ3n) is 9.89. The van der Waals surface area contributed by atoms with Crippen LogP contribution < -0.4 is 10.6 Å². The second-order valence-electron chi connectivity index (χ2n) is 11.1. The molecule has 0 bridgehead atoms. The van der Waals surface area contributed by atoms with Gasteiger partial charge in [0.05, 0.1) is 5.71 Å². The Morgan fingerprint density at radius 1 is 1.16 bits per heavy atom. The molecule has 6 nitrogen and oxygen atoms in total. The normalized spacial score (nSPS) is 47.7.